The molecular formula is C16H26N4O. The Hall–Kier alpha value is -1.04. The van der Waals surface area contributed by atoms with Crippen LogP contribution < -0.4 is 5.32 Å². The van der Waals surface area contributed by atoms with Crippen LogP contribution in [0.3, 0.4) is 0 Å². The fraction of sp³-hybridized carbons (Fsp3) is 0.750. The van der Waals surface area contributed by atoms with Gasteiger partial charge in [-0.25, -0.2) is 9.97 Å². The zero-order valence-electron chi connectivity index (χ0n) is 13.1. The Bertz CT molecular complexity index is 479. The highest BCUT2D eigenvalue weighted by Gasteiger charge is 2.26. The third-order valence-electron chi connectivity index (χ3n) is 4.40. The van der Waals surface area contributed by atoms with E-state index in [0.29, 0.717) is 6.04 Å². The van der Waals surface area contributed by atoms with E-state index in [0.717, 1.165) is 44.9 Å². The zero-order valence-corrected chi connectivity index (χ0v) is 13.1. The van der Waals surface area contributed by atoms with Crippen molar-refractivity contribution in [2.45, 2.75) is 44.8 Å². The van der Waals surface area contributed by atoms with Gasteiger partial charge in [0.05, 0.1) is 6.61 Å². The molecule has 5 heteroatoms. The summed E-state index contributed by atoms with van der Waals surface area (Å²) >= 11 is 0. The zero-order chi connectivity index (χ0) is 14.7. The van der Waals surface area contributed by atoms with Crippen LogP contribution in [0.25, 0.3) is 0 Å². The average molecular weight is 290 g/mol. The van der Waals surface area contributed by atoms with Crippen LogP contribution in [0.5, 0.6) is 0 Å². The van der Waals surface area contributed by atoms with E-state index in [1.807, 2.05) is 6.20 Å². The third-order valence-corrected chi connectivity index (χ3v) is 4.40. The molecule has 1 fully saturated rings. The van der Waals surface area contributed by atoms with Gasteiger partial charge in [-0.3, -0.25) is 0 Å². The molecule has 5 nitrogen and oxygen atoms in total. The van der Waals surface area contributed by atoms with Gasteiger partial charge >= 0.3 is 0 Å². The van der Waals surface area contributed by atoms with E-state index in [-0.39, 0.29) is 6.10 Å². The number of nitrogens with zero attached hydrogens (tertiary/aromatic N) is 3. The molecule has 21 heavy (non-hydrogen) atoms. The molecule has 0 aromatic carbocycles. The second kappa shape index (κ2) is 6.81. The van der Waals surface area contributed by atoms with Gasteiger partial charge in [0.2, 0.25) is 0 Å². The van der Waals surface area contributed by atoms with Gasteiger partial charge in [-0.1, -0.05) is 6.92 Å². The number of likely N-dealkylation sites (N-methyl/N-ethyl adjacent to an activating group) is 1. The lowest BCUT2D eigenvalue weighted by molar-refractivity contribution is -0.0256. The van der Waals surface area contributed by atoms with E-state index < -0.39 is 0 Å². The predicted molar refractivity (Wildman–Crippen MR) is 82.2 cm³/mol. The second-order valence-electron chi connectivity index (χ2n) is 6.15. The van der Waals surface area contributed by atoms with E-state index in [1.54, 1.807) is 0 Å². The van der Waals surface area contributed by atoms with Gasteiger partial charge in [0.15, 0.2) is 5.82 Å². The number of rotatable bonds is 4. The fourth-order valence-corrected chi connectivity index (χ4v) is 3.18. The van der Waals surface area contributed by atoms with E-state index in [1.165, 1.54) is 24.1 Å². The normalized spacial score (nSPS) is 26.6. The highest BCUT2D eigenvalue weighted by molar-refractivity contribution is 5.25. The first-order valence-corrected chi connectivity index (χ1v) is 8.17. The van der Waals surface area contributed by atoms with Crippen LogP contribution in [-0.2, 0) is 11.2 Å². The van der Waals surface area contributed by atoms with Crippen molar-refractivity contribution in [1.29, 1.82) is 0 Å². The molecule has 0 radical (unpaired) electrons. The largest absolute Gasteiger partial charge is 0.368 e. The van der Waals surface area contributed by atoms with Gasteiger partial charge in [-0.2, -0.15) is 0 Å². The van der Waals surface area contributed by atoms with Crippen LogP contribution in [0.1, 0.15) is 55.4 Å². The maximum atomic E-state index is 5.83. The second-order valence-corrected chi connectivity index (χ2v) is 6.15. The predicted octanol–water partition coefficient (Wildman–Crippen LogP) is 1.86. The topological polar surface area (TPSA) is 50.3 Å². The lowest BCUT2D eigenvalue weighted by Crippen LogP contribution is -2.36. The molecule has 1 N–H and O–H groups in total. The number of aryl methyl sites for hydroxylation is 1. The summed E-state index contributed by atoms with van der Waals surface area (Å²) < 4.78 is 5.83. The minimum Gasteiger partial charge on any atom is -0.368 e. The van der Waals surface area contributed by atoms with Crippen molar-refractivity contribution in [1.82, 2.24) is 20.2 Å². The minimum atomic E-state index is 0.0260. The van der Waals surface area contributed by atoms with Gasteiger partial charge in [0.1, 0.15) is 6.10 Å². The summed E-state index contributed by atoms with van der Waals surface area (Å²) in [5.74, 6) is 0.858. The number of hydrogen-bond donors (Lipinski definition) is 1. The van der Waals surface area contributed by atoms with Gasteiger partial charge in [0.25, 0.3) is 0 Å². The number of ether oxygens (including phenoxy) is 1. The summed E-state index contributed by atoms with van der Waals surface area (Å²) in [6, 6.07) is 0.428. The van der Waals surface area contributed by atoms with Crippen molar-refractivity contribution >= 4 is 0 Å². The first kappa shape index (κ1) is 14.9. The summed E-state index contributed by atoms with van der Waals surface area (Å²) in [4.78, 5) is 11.7. The summed E-state index contributed by atoms with van der Waals surface area (Å²) in [7, 11) is 2.12. The highest BCUT2D eigenvalue weighted by Crippen LogP contribution is 2.29. The molecule has 0 spiro atoms. The van der Waals surface area contributed by atoms with Crippen LogP contribution in [0, 0.1) is 0 Å². The van der Waals surface area contributed by atoms with Crippen molar-refractivity contribution in [3.8, 4) is 0 Å². The van der Waals surface area contributed by atoms with Crippen molar-refractivity contribution in [3.05, 3.63) is 23.3 Å². The molecule has 0 saturated carbocycles. The summed E-state index contributed by atoms with van der Waals surface area (Å²) in [5, 5.41) is 3.61. The van der Waals surface area contributed by atoms with E-state index in [2.05, 4.69) is 29.2 Å². The first-order valence-electron chi connectivity index (χ1n) is 8.17. The molecule has 116 valence electrons. The molecule has 1 aromatic heterocycles. The van der Waals surface area contributed by atoms with Crippen molar-refractivity contribution in [2.24, 2.45) is 0 Å². The maximum Gasteiger partial charge on any atom is 0.158 e. The molecule has 2 unspecified atom stereocenters. The Kier molecular flexibility index (Phi) is 4.83. The van der Waals surface area contributed by atoms with Crippen LogP contribution >= 0.6 is 0 Å². The van der Waals surface area contributed by atoms with Crippen LogP contribution in [0.15, 0.2) is 6.20 Å². The molecule has 1 saturated heterocycles. The Labute approximate surface area is 127 Å². The Balaban J connectivity index is 1.77. The van der Waals surface area contributed by atoms with Crippen molar-refractivity contribution < 1.29 is 4.74 Å². The fourth-order valence-electron chi connectivity index (χ4n) is 3.18. The molecule has 1 aliphatic heterocycles. The molecular weight excluding hydrogens is 264 g/mol. The Morgan fingerprint density at radius 2 is 2.38 bits per heavy atom. The molecule has 2 heterocycles. The van der Waals surface area contributed by atoms with E-state index >= 15 is 0 Å². The smallest absolute Gasteiger partial charge is 0.158 e. The SMILES string of the molecule is CCCNC1CCCc2nc(C3CN(C)CCO3)ncc21. The van der Waals surface area contributed by atoms with Gasteiger partial charge in [-0.05, 0) is 39.3 Å². The quantitative estimate of drug-likeness (QED) is 0.917. The molecule has 0 bridgehead atoms. The summed E-state index contributed by atoms with van der Waals surface area (Å²) in [6.45, 7) is 5.90. The van der Waals surface area contributed by atoms with Crippen LogP contribution in [-0.4, -0.2) is 48.2 Å². The summed E-state index contributed by atoms with van der Waals surface area (Å²) in [6.07, 6.45) is 6.68. The lowest BCUT2D eigenvalue weighted by Gasteiger charge is -2.30. The Morgan fingerprint density at radius 1 is 1.48 bits per heavy atom. The van der Waals surface area contributed by atoms with Gasteiger partial charge < -0.3 is 15.0 Å². The van der Waals surface area contributed by atoms with Crippen molar-refractivity contribution in [2.75, 3.05) is 33.3 Å². The highest BCUT2D eigenvalue weighted by atomic mass is 16.5. The van der Waals surface area contributed by atoms with E-state index in [4.69, 9.17) is 9.72 Å². The molecule has 0 amide bonds. The van der Waals surface area contributed by atoms with Gasteiger partial charge in [0, 0.05) is 36.6 Å². The first-order chi connectivity index (χ1) is 10.3. The Morgan fingerprint density at radius 3 is 3.19 bits per heavy atom. The third kappa shape index (κ3) is 3.42. The molecule has 2 aliphatic rings. The van der Waals surface area contributed by atoms with Crippen LogP contribution in [0.2, 0.25) is 0 Å². The van der Waals surface area contributed by atoms with E-state index in [9.17, 15) is 0 Å². The minimum absolute atomic E-state index is 0.0260. The summed E-state index contributed by atoms with van der Waals surface area (Å²) in [5.41, 5.74) is 2.51. The number of fused-ring (bicyclic) bond motifs is 1. The standard InChI is InChI=1S/C16H26N4O/c1-3-7-17-13-5-4-6-14-12(13)10-18-16(19-14)15-11-20(2)8-9-21-15/h10,13,15,17H,3-9,11H2,1-2H3. The molecule has 1 aliphatic carbocycles. The maximum absolute atomic E-state index is 5.83. The molecule has 1 aromatic rings. The van der Waals surface area contributed by atoms with Gasteiger partial charge in [-0.15, -0.1) is 0 Å². The van der Waals surface area contributed by atoms with Crippen molar-refractivity contribution in [3.63, 3.8) is 0 Å². The number of morpholine rings is 1. The number of nitrogens with one attached hydrogen (secondary N) is 1. The monoisotopic (exact) mass is 290 g/mol. The number of aromatic nitrogens is 2. The van der Waals surface area contributed by atoms with Crippen LogP contribution in [0.4, 0.5) is 0 Å². The molecule has 2 atom stereocenters. The molecule has 3 rings (SSSR count). The average Bonchev–Trinajstić information content (AvgIpc) is 2.52. The number of hydrogen-bond acceptors (Lipinski definition) is 5. The lowest BCUT2D eigenvalue weighted by atomic mass is 9.92.